The number of hydrogen-bond acceptors (Lipinski definition) is 4. The molecule has 0 saturated heterocycles. The Kier molecular flexibility index (Phi) is 2.89. The molecule has 0 radical (unpaired) electrons. The molecule has 0 unspecified atom stereocenters. The molecule has 1 aromatic heterocycles. The third-order valence-corrected chi connectivity index (χ3v) is 2.62. The molecule has 1 heterocycles. The summed E-state index contributed by atoms with van der Waals surface area (Å²) in [5.41, 5.74) is -0.726. The number of aromatic nitrogens is 1. The Morgan fingerprint density at radius 3 is 2.73 bits per heavy atom. The van der Waals surface area contributed by atoms with E-state index in [4.69, 9.17) is 4.74 Å². The smallest absolute Gasteiger partial charge is 0.371 e. The number of aromatic amines is 1. The predicted molar refractivity (Wildman–Crippen MR) is 51.6 cm³/mol. The van der Waals surface area contributed by atoms with Crippen LogP contribution in [0, 0.1) is 0 Å². The first kappa shape index (κ1) is 10.0. The van der Waals surface area contributed by atoms with Crippen molar-refractivity contribution >= 4 is 5.97 Å². The number of rotatable bonds is 2. The average molecular weight is 211 g/mol. The first-order valence-corrected chi connectivity index (χ1v) is 5.15. The second-order valence-electron chi connectivity index (χ2n) is 3.73. The van der Waals surface area contributed by atoms with Crippen LogP contribution in [0.2, 0.25) is 0 Å². The highest BCUT2D eigenvalue weighted by atomic mass is 16.5. The molecule has 1 aromatic rings. The van der Waals surface area contributed by atoms with Gasteiger partial charge in [0.1, 0.15) is 6.10 Å². The Morgan fingerprint density at radius 1 is 1.40 bits per heavy atom. The average Bonchev–Trinajstić information content (AvgIpc) is 2.66. The summed E-state index contributed by atoms with van der Waals surface area (Å²) in [5.74, 6) is -0.586. The normalized spacial score (nSPS) is 17.6. The molecule has 0 atom stereocenters. The Morgan fingerprint density at radius 2 is 2.13 bits per heavy atom. The molecule has 5 heteroatoms. The first-order valence-electron chi connectivity index (χ1n) is 5.15. The monoisotopic (exact) mass is 211 g/mol. The van der Waals surface area contributed by atoms with Gasteiger partial charge in [0.25, 0.3) is 0 Å². The van der Waals surface area contributed by atoms with E-state index >= 15 is 0 Å². The van der Waals surface area contributed by atoms with E-state index in [1.165, 1.54) is 12.6 Å². The maximum atomic E-state index is 11.5. The van der Waals surface area contributed by atoms with Gasteiger partial charge in [-0.1, -0.05) is 6.42 Å². The Labute approximate surface area is 86.4 Å². The van der Waals surface area contributed by atoms with Gasteiger partial charge < -0.3 is 9.26 Å². The summed E-state index contributed by atoms with van der Waals surface area (Å²) >= 11 is 0. The summed E-state index contributed by atoms with van der Waals surface area (Å²) in [7, 11) is 0. The van der Waals surface area contributed by atoms with Crippen molar-refractivity contribution in [3.63, 3.8) is 0 Å². The fraction of sp³-hybridized carbons (Fsp3) is 0.600. The van der Waals surface area contributed by atoms with E-state index in [9.17, 15) is 9.59 Å². The Bertz CT molecular complexity index is 386. The Balaban J connectivity index is 1.97. The minimum Gasteiger partial charge on any atom is -0.459 e. The summed E-state index contributed by atoms with van der Waals surface area (Å²) in [5, 5.41) is 2.23. The van der Waals surface area contributed by atoms with E-state index in [-0.39, 0.29) is 11.7 Å². The molecule has 1 N–H and O–H groups in total. The van der Waals surface area contributed by atoms with Crippen LogP contribution >= 0.6 is 0 Å². The van der Waals surface area contributed by atoms with Crippen LogP contribution in [0.15, 0.2) is 15.5 Å². The van der Waals surface area contributed by atoms with Crippen LogP contribution < -0.4 is 5.63 Å². The second kappa shape index (κ2) is 4.33. The minimum atomic E-state index is -0.671. The van der Waals surface area contributed by atoms with Crippen molar-refractivity contribution in [2.75, 3.05) is 0 Å². The van der Waals surface area contributed by atoms with Crippen LogP contribution in [0.1, 0.15) is 42.5 Å². The summed E-state index contributed by atoms with van der Waals surface area (Å²) in [6, 6.07) is 0. The zero-order valence-corrected chi connectivity index (χ0v) is 8.32. The van der Waals surface area contributed by atoms with Crippen molar-refractivity contribution in [2.45, 2.75) is 38.2 Å². The quantitative estimate of drug-likeness (QED) is 0.751. The number of carbonyl (C=O) groups excluding carboxylic acids is 1. The summed E-state index contributed by atoms with van der Waals surface area (Å²) in [4.78, 5) is 22.5. The molecule has 1 aliphatic rings. The van der Waals surface area contributed by atoms with Gasteiger partial charge in [0.15, 0.2) is 5.56 Å². The first-order chi connectivity index (χ1) is 7.27. The zero-order chi connectivity index (χ0) is 10.7. The lowest BCUT2D eigenvalue weighted by Crippen LogP contribution is -2.23. The highest BCUT2D eigenvalue weighted by Crippen LogP contribution is 2.20. The number of esters is 1. The predicted octanol–water partition coefficient (Wildman–Crippen LogP) is 1.46. The van der Waals surface area contributed by atoms with E-state index < -0.39 is 11.6 Å². The molecule has 82 valence electrons. The SMILES string of the molecule is O=C(OC1CCCCC1)c1c[nH]oc1=O. The molecule has 0 amide bonds. The van der Waals surface area contributed by atoms with Crippen LogP contribution in [0.4, 0.5) is 0 Å². The van der Waals surface area contributed by atoms with Gasteiger partial charge in [-0.25, -0.2) is 14.7 Å². The maximum absolute atomic E-state index is 11.5. The fourth-order valence-corrected chi connectivity index (χ4v) is 1.80. The van der Waals surface area contributed by atoms with Crippen molar-refractivity contribution in [1.29, 1.82) is 0 Å². The maximum Gasteiger partial charge on any atom is 0.371 e. The molecule has 0 bridgehead atoms. The molecule has 1 fully saturated rings. The molecule has 15 heavy (non-hydrogen) atoms. The number of H-pyrrole nitrogens is 1. The molecule has 2 rings (SSSR count). The summed E-state index contributed by atoms with van der Waals surface area (Å²) in [6.45, 7) is 0. The highest BCUT2D eigenvalue weighted by molar-refractivity contribution is 5.88. The van der Waals surface area contributed by atoms with E-state index in [2.05, 4.69) is 9.68 Å². The summed E-state index contributed by atoms with van der Waals surface area (Å²) < 4.78 is 9.59. The molecular formula is C10H13NO4. The third kappa shape index (κ3) is 2.29. The van der Waals surface area contributed by atoms with Gasteiger partial charge >= 0.3 is 11.6 Å². The van der Waals surface area contributed by atoms with Crippen LogP contribution in [0.5, 0.6) is 0 Å². The highest BCUT2D eigenvalue weighted by Gasteiger charge is 2.21. The molecule has 1 saturated carbocycles. The lowest BCUT2D eigenvalue weighted by molar-refractivity contribution is 0.0208. The van der Waals surface area contributed by atoms with Crippen molar-refractivity contribution in [3.05, 3.63) is 22.2 Å². The molecule has 1 aliphatic carbocycles. The number of nitrogens with one attached hydrogen (secondary N) is 1. The largest absolute Gasteiger partial charge is 0.459 e. The number of hydrogen-bond donors (Lipinski definition) is 1. The van der Waals surface area contributed by atoms with Gasteiger partial charge in [0.05, 0.1) is 6.20 Å². The van der Waals surface area contributed by atoms with E-state index in [0.29, 0.717) is 0 Å². The van der Waals surface area contributed by atoms with Crippen molar-refractivity contribution in [1.82, 2.24) is 5.16 Å². The van der Waals surface area contributed by atoms with Gasteiger partial charge in [-0.05, 0) is 25.7 Å². The van der Waals surface area contributed by atoms with Crippen molar-refractivity contribution < 1.29 is 14.1 Å². The van der Waals surface area contributed by atoms with Crippen LogP contribution in [0.3, 0.4) is 0 Å². The topological polar surface area (TPSA) is 72.3 Å². The van der Waals surface area contributed by atoms with Gasteiger partial charge in [-0.15, -0.1) is 0 Å². The van der Waals surface area contributed by atoms with Crippen LogP contribution in [-0.2, 0) is 4.74 Å². The van der Waals surface area contributed by atoms with Gasteiger partial charge in [-0.2, -0.15) is 0 Å². The van der Waals surface area contributed by atoms with Crippen molar-refractivity contribution in [2.24, 2.45) is 0 Å². The summed E-state index contributed by atoms with van der Waals surface area (Å²) in [6.07, 6.45) is 6.33. The molecule has 0 aromatic carbocycles. The Hall–Kier alpha value is -1.52. The third-order valence-electron chi connectivity index (χ3n) is 2.62. The van der Waals surface area contributed by atoms with E-state index in [1.54, 1.807) is 0 Å². The fourth-order valence-electron chi connectivity index (χ4n) is 1.80. The zero-order valence-electron chi connectivity index (χ0n) is 8.32. The lowest BCUT2D eigenvalue weighted by Gasteiger charge is -2.21. The molecular weight excluding hydrogens is 198 g/mol. The van der Waals surface area contributed by atoms with Gasteiger partial charge in [0, 0.05) is 0 Å². The lowest BCUT2D eigenvalue weighted by atomic mass is 9.98. The molecule has 0 aliphatic heterocycles. The van der Waals surface area contributed by atoms with E-state index in [0.717, 1.165) is 25.7 Å². The number of carbonyl (C=O) groups is 1. The van der Waals surface area contributed by atoms with Gasteiger partial charge in [-0.3, -0.25) is 0 Å². The molecule has 0 spiro atoms. The minimum absolute atomic E-state index is 0.0412. The van der Waals surface area contributed by atoms with Crippen LogP contribution in [-0.4, -0.2) is 17.2 Å². The molecule has 5 nitrogen and oxygen atoms in total. The van der Waals surface area contributed by atoms with Crippen molar-refractivity contribution in [3.8, 4) is 0 Å². The van der Waals surface area contributed by atoms with Crippen LogP contribution in [0.25, 0.3) is 0 Å². The number of ether oxygens (including phenoxy) is 1. The second-order valence-corrected chi connectivity index (χ2v) is 3.73. The standard InChI is InChI=1S/C10H13NO4/c12-9(8-6-11-15-10(8)13)14-7-4-2-1-3-5-7/h6-7,11H,1-5H2. The van der Waals surface area contributed by atoms with E-state index in [1.807, 2.05) is 0 Å². The van der Waals surface area contributed by atoms with Gasteiger partial charge in [0.2, 0.25) is 0 Å².